The first kappa shape index (κ1) is 26.8. The number of carbonyl (C=O) groups is 3. The Morgan fingerprint density at radius 1 is 1.05 bits per heavy atom. The van der Waals surface area contributed by atoms with Crippen molar-refractivity contribution in [2.24, 2.45) is 0 Å². The summed E-state index contributed by atoms with van der Waals surface area (Å²) in [5.74, 6) is 0.0124. The molecule has 3 aromatic carbocycles. The third-order valence-electron chi connectivity index (χ3n) is 5.20. The molecule has 1 aliphatic rings. The van der Waals surface area contributed by atoms with E-state index in [0.29, 0.717) is 41.0 Å². The monoisotopic (exact) mass is 600 g/mol. The smallest absolute Gasteiger partial charge is 0.294 e. The van der Waals surface area contributed by atoms with Crippen LogP contribution in [0.1, 0.15) is 18.1 Å². The number of amides is 3. The highest BCUT2D eigenvalue weighted by Gasteiger charge is 2.36. The van der Waals surface area contributed by atoms with Gasteiger partial charge in [-0.15, -0.1) is 0 Å². The fraction of sp³-hybridized carbons (Fsp3) is 0.148. The molecule has 0 radical (unpaired) electrons. The van der Waals surface area contributed by atoms with Crippen molar-refractivity contribution >= 4 is 68.1 Å². The van der Waals surface area contributed by atoms with Crippen LogP contribution in [0.5, 0.6) is 11.5 Å². The lowest BCUT2D eigenvalue weighted by molar-refractivity contribution is -0.127. The molecule has 4 rings (SSSR count). The van der Waals surface area contributed by atoms with Crippen molar-refractivity contribution < 1.29 is 23.9 Å². The number of hydrogen-bond donors (Lipinski definition) is 1. The molecule has 3 aromatic rings. The fourth-order valence-corrected chi connectivity index (χ4v) is 4.71. The number of rotatable bonds is 9. The van der Waals surface area contributed by atoms with Gasteiger partial charge in [0.15, 0.2) is 11.5 Å². The maximum Gasteiger partial charge on any atom is 0.294 e. The lowest BCUT2D eigenvalue weighted by atomic mass is 10.1. The first-order valence-corrected chi connectivity index (χ1v) is 13.3. The van der Waals surface area contributed by atoms with Crippen LogP contribution in [0.4, 0.5) is 10.5 Å². The number of anilines is 1. The van der Waals surface area contributed by atoms with Crippen molar-refractivity contribution in [3.8, 4) is 11.5 Å². The van der Waals surface area contributed by atoms with E-state index < -0.39 is 23.6 Å². The Kier molecular flexibility index (Phi) is 8.91. The predicted octanol–water partition coefficient (Wildman–Crippen LogP) is 6.76. The molecule has 1 fully saturated rings. The van der Waals surface area contributed by atoms with E-state index in [-0.39, 0.29) is 4.91 Å². The Morgan fingerprint density at radius 2 is 1.81 bits per heavy atom. The summed E-state index contributed by atoms with van der Waals surface area (Å²) >= 11 is 10.3. The second kappa shape index (κ2) is 12.3. The zero-order chi connectivity index (χ0) is 26.4. The number of thioether (sulfide) groups is 1. The van der Waals surface area contributed by atoms with Crippen LogP contribution in [0.15, 0.2) is 76.1 Å². The molecule has 0 unspecified atom stereocenters. The Bertz CT molecular complexity index is 1360. The van der Waals surface area contributed by atoms with Crippen LogP contribution in [0.2, 0.25) is 5.02 Å². The van der Waals surface area contributed by atoms with Crippen molar-refractivity contribution in [3.63, 3.8) is 0 Å². The van der Waals surface area contributed by atoms with Gasteiger partial charge >= 0.3 is 0 Å². The van der Waals surface area contributed by atoms with E-state index in [9.17, 15) is 14.4 Å². The Hall–Kier alpha value is -3.27. The van der Waals surface area contributed by atoms with E-state index in [2.05, 4.69) is 21.2 Å². The molecule has 0 aromatic heterocycles. The van der Waals surface area contributed by atoms with Crippen molar-refractivity contribution in [2.45, 2.75) is 13.5 Å². The zero-order valence-electron chi connectivity index (χ0n) is 19.7. The molecule has 0 saturated carbocycles. The zero-order valence-corrected chi connectivity index (χ0v) is 22.9. The summed E-state index contributed by atoms with van der Waals surface area (Å²) in [5.41, 5.74) is 2.06. The molecule has 0 bridgehead atoms. The van der Waals surface area contributed by atoms with Gasteiger partial charge in [-0.05, 0) is 72.3 Å². The average Bonchev–Trinajstić information content (AvgIpc) is 3.13. The molecule has 3 amide bonds. The van der Waals surface area contributed by atoms with Crippen LogP contribution in [0.3, 0.4) is 0 Å². The molecule has 1 aliphatic heterocycles. The van der Waals surface area contributed by atoms with Crippen molar-refractivity contribution in [1.29, 1.82) is 0 Å². The highest BCUT2D eigenvalue weighted by molar-refractivity contribution is 9.10. The van der Waals surface area contributed by atoms with Crippen molar-refractivity contribution in [3.05, 3.63) is 92.3 Å². The van der Waals surface area contributed by atoms with Crippen LogP contribution < -0.4 is 14.8 Å². The maximum atomic E-state index is 12.9. The lowest BCUT2D eigenvalue weighted by Crippen LogP contribution is -2.36. The second-order valence-corrected chi connectivity index (χ2v) is 10.2. The first-order valence-electron chi connectivity index (χ1n) is 11.3. The Labute approximate surface area is 231 Å². The average molecular weight is 602 g/mol. The minimum atomic E-state index is -0.544. The Morgan fingerprint density at radius 3 is 2.54 bits per heavy atom. The molecule has 0 spiro atoms. The molecular weight excluding hydrogens is 580 g/mol. The summed E-state index contributed by atoms with van der Waals surface area (Å²) in [5, 5.41) is 2.46. The summed E-state index contributed by atoms with van der Waals surface area (Å²) < 4.78 is 12.7. The molecule has 1 saturated heterocycles. The SMILES string of the molecule is CCOc1cc(/C=C2/SC(=O)N(CC(=O)Nc3ccccc3Cl)C2=O)ccc1OCc1ccc(Br)cc1. The van der Waals surface area contributed by atoms with Crippen molar-refractivity contribution in [1.82, 2.24) is 4.90 Å². The van der Waals surface area contributed by atoms with Gasteiger partial charge in [0.25, 0.3) is 11.1 Å². The van der Waals surface area contributed by atoms with Gasteiger partial charge in [0.2, 0.25) is 5.91 Å². The third kappa shape index (κ3) is 6.94. The van der Waals surface area contributed by atoms with E-state index in [1.54, 1.807) is 48.5 Å². The summed E-state index contributed by atoms with van der Waals surface area (Å²) in [6, 6.07) is 19.8. The van der Waals surface area contributed by atoms with E-state index in [1.165, 1.54) is 0 Å². The van der Waals surface area contributed by atoms with Crippen LogP contribution in [0, 0.1) is 0 Å². The molecule has 1 heterocycles. The highest BCUT2D eigenvalue weighted by atomic mass is 79.9. The van der Waals surface area contributed by atoms with Gasteiger partial charge in [0, 0.05) is 4.47 Å². The van der Waals surface area contributed by atoms with Gasteiger partial charge in [0.05, 0.1) is 22.2 Å². The van der Waals surface area contributed by atoms with Gasteiger partial charge in [-0.1, -0.05) is 57.9 Å². The van der Waals surface area contributed by atoms with E-state index in [1.807, 2.05) is 31.2 Å². The minimum absolute atomic E-state index is 0.210. The Balaban J connectivity index is 1.45. The van der Waals surface area contributed by atoms with Crippen LogP contribution in [0.25, 0.3) is 6.08 Å². The summed E-state index contributed by atoms with van der Waals surface area (Å²) in [6.07, 6.45) is 1.60. The third-order valence-corrected chi connectivity index (χ3v) is 6.96. The quantitative estimate of drug-likeness (QED) is 0.273. The van der Waals surface area contributed by atoms with Gasteiger partial charge < -0.3 is 14.8 Å². The number of benzene rings is 3. The van der Waals surface area contributed by atoms with Crippen LogP contribution in [-0.2, 0) is 16.2 Å². The molecule has 0 aliphatic carbocycles. The maximum absolute atomic E-state index is 12.9. The first-order chi connectivity index (χ1) is 17.8. The molecule has 10 heteroatoms. The lowest BCUT2D eigenvalue weighted by Gasteiger charge is -2.13. The molecule has 0 atom stereocenters. The van der Waals surface area contributed by atoms with Crippen LogP contribution in [-0.4, -0.2) is 35.1 Å². The van der Waals surface area contributed by atoms with E-state index >= 15 is 0 Å². The number of para-hydroxylation sites is 1. The number of carbonyl (C=O) groups excluding carboxylic acids is 3. The summed E-state index contributed by atoms with van der Waals surface area (Å²) in [4.78, 5) is 38.9. The number of ether oxygens (including phenoxy) is 2. The second-order valence-electron chi connectivity index (χ2n) is 7.85. The fourth-order valence-electron chi connectivity index (χ4n) is 3.43. The molecule has 37 heavy (non-hydrogen) atoms. The highest BCUT2D eigenvalue weighted by Crippen LogP contribution is 2.35. The summed E-state index contributed by atoms with van der Waals surface area (Å²) in [6.45, 7) is 2.24. The van der Waals surface area contributed by atoms with Crippen molar-refractivity contribution in [2.75, 3.05) is 18.5 Å². The van der Waals surface area contributed by atoms with E-state index in [0.717, 1.165) is 26.7 Å². The molecule has 7 nitrogen and oxygen atoms in total. The van der Waals surface area contributed by atoms with Gasteiger partial charge in [-0.2, -0.15) is 0 Å². The van der Waals surface area contributed by atoms with E-state index in [4.69, 9.17) is 21.1 Å². The molecular formula is C27H22BrClN2O5S. The molecule has 1 N–H and O–H groups in total. The van der Waals surface area contributed by atoms with Gasteiger partial charge in [-0.25, -0.2) is 0 Å². The molecule has 190 valence electrons. The number of imide groups is 1. The topological polar surface area (TPSA) is 84.9 Å². The largest absolute Gasteiger partial charge is 0.490 e. The minimum Gasteiger partial charge on any atom is -0.490 e. The predicted molar refractivity (Wildman–Crippen MR) is 149 cm³/mol. The number of halogens is 2. The van der Waals surface area contributed by atoms with Crippen LogP contribution >= 0.6 is 39.3 Å². The standard InChI is InChI=1S/C27H22BrClN2O5S/c1-2-35-23-13-18(9-12-22(23)36-16-17-7-10-19(28)11-8-17)14-24-26(33)31(27(34)37-24)15-25(32)30-21-6-4-3-5-20(21)29/h3-14H,2,15-16H2,1H3,(H,30,32)/b24-14+. The van der Waals surface area contributed by atoms with Gasteiger partial charge in [0.1, 0.15) is 13.2 Å². The number of hydrogen-bond acceptors (Lipinski definition) is 6. The summed E-state index contributed by atoms with van der Waals surface area (Å²) in [7, 11) is 0. The normalized spacial score (nSPS) is 14.2. The number of nitrogens with zero attached hydrogens (tertiary/aromatic N) is 1. The van der Waals surface area contributed by atoms with Gasteiger partial charge in [-0.3, -0.25) is 19.3 Å². The number of nitrogens with one attached hydrogen (secondary N) is 1.